The van der Waals surface area contributed by atoms with Crippen LogP contribution in [0.5, 0.6) is 0 Å². The summed E-state index contributed by atoms with van der Waals surface area (Å²) in [5.41, 5.74) is 6.62. The first-order valence-corrected chi connectivity index (χ1v) is 6.13. The zero-order valence-electron chi connectivity index (χ0n) is 8.81. The average molecular weight is 246 g/mol. The van der Waals surface area contributed by atoms with Gasteiger partial charge in [-0.2, -0.15) is 0 Å². The highest BCUT2D eigenvalue weighted by Gasteiger charge is 2.00. The van der Waals surface area contributed by atoms with Crippen LogP contribution in [0.3, 0.4) is 0 Å². The predicted octanol–water partition coefficient (Wildman–Crippen LogP) is 4.06. The molecule has 0 aliphatic carbocycles. The van der Waals surface area contributed by atoms with Crippen LogP contribution < -0.4 is 5.73 Å². The van der Waals surface area contributed by atoms with Crippen molar-refractivity contribution in [2.24, 2.45) is 5.73 Å². The number of hydrogen-bond donors (Lipinski definition) is 1. The lowest BCUT2D eigenvalue weighted by atomic mass is 10.1. The van der Waals surface area contributed by atoms with Crippen LogP contribution in [0.4, 0.5) is 0 Å². The summed E-state index contributed by atoms with van der Waals surface area (Å²) >= 11 is 11.9. The summed E-state index contributed by atoms with van der Waals surface area (Å²) in [6.07, 6.45) is 5.74. The number of rotatable bonds is 6. The maximum absolute atomic E-state index is 6.07. The Hall–Kier alpha value is -0.240. The molecule has 0 fully saturated rings. The minimum absolute atomic E-state index is 0.701. The molecule has 0 aliphatic rings. The lowest BCUT2D eigenvalue weighted by Crippen LogP contribution is -1.97. The highest BCUT2D eigenvalue weighted by atomic mass is 35.5. The molecule has 0 saturated heterocycles. The second-order valence-corrected chi connectivity index (χ2v) is 4.53. The van der Waals surface area contributed by atoms with Crippen LogP contribution in [0.15, 0.2) is 18.2 Å². The smallest absolute Gasteiger partial charge is 0.0452 e. The number of hydrogen-bond acceptors (Lipinski definition) is 1. The first-order chi connectivity index (χ1) is 7.24. The van der Waals surface area contributed by atoms with Crippen LogP contribution in [-0.2, 0) is 6.42 Å². The Labute approximate surface area is 102 Å². The van der Waals surface area contributed by atoms with E-state index >= 15 is 0 Å². The molecule has 1 rings (SSSR count). The summed E-state index contributed by atoms with van der Waals surface area (Å²) in [7, 11) is 0. The molecule has 0 saturated carbocycles. The van der Waals surface area contributed by atoms with Gasteiger partial charge in [0, 0.05) is 10.0 Å². The molecule has 84 valence electrons. The van der Waals surface area contributed by atoms with Crippen LogP contribution in [0.25, 0.3) is 0 Å². The van der Waals surface area contributed by atoms with E-state index in [4.69, 9.17) is 28.9 Å². The molecule has 0 unspecified atom stereocenters. The Balaban J connectivity index is 2.31. The standard InChI is InChI=1S/C12H17Cl2N/c13-11-7-6-10(12(14)9-11)5-3-1-2-4-8-15/h6-7,9H,1-5,8,15H2. The van der Waals surface area contributed by atoms with Gasteiger partial charge in [-0.05, 0) is 43.5 Å². The number of benzene rings is 1. The van der Waals surface area contributed by atoms with Crippen molar-refractivity contribution in [2.45, 2.75) is 32.1 Å². The summed E-state index contributed by atoms with van der Waals surface area (Å²) < 4.78 is 0. The molecule has 1 nitrogen and oxygen atoms in total. The third-order valence-corrected chi connectivity index (χ3v) is 3.00. The zero-order chi connectivity index (χ0) is 11.1. The largest absolute Gasteiger partial charge is 0.330 e. The molecule has 0 radical (unpaired) electrons. The van der Waals surface area contributed by atoms with E-state index in [1.54, 1.807) is 6.07 Å². The van der Waals surface area contributed by atoms with Crippen LogP contribution >= 0.6 is 23.2 Å². The highest BCUT2D eigenvalue weighted by Crippen LogP contribution is 2.22. The summed E-state index contributed by atoms with van der Waals surface area (Å²) in [4.78, 5) is 0. The Kier molecular flexibility index (Phi) is 6.07. The molecule has 0 amide bonds. The molecule has 2 N–H and O–H groups in total. The minimum Gasteiger partial charge on any atom is -0.330 e. The first-order valence-electron chi connectivity index (χ1n) is 5.38. The van der Waals surface area contributed by atoms with Crippen LogP contribution in [0, 0.1) is 0 Å². The molecule has 3 heteroatoms. The Bertz CT molecular complexity index is 300. The molecule has 1 aromatic rings. The number of unbranched alkanes of at least 4 members (excludes halogenated alkanes) is 3. The van der Waals surface area contributed by atoms with Crippen molar-refractivity contribution in [3.8, 4) is 0 Å². The maximum atomic E-state index is 6.07. The van der Waals surface area contributed by atoms with E-state index in [9.17, 15) is 0 Å². The Morgan fingerprint density at radius 3 is 2.40 bits per heavy atom. The number of nitrogens with two attached hydrogens (primary N) is 1. The van der Waals surface area contributed by atoms with Crippen molar-refractivity contribution < 1.29 is 0 Å². The van der Waals surface area contributed by atoms with Crippen molar-refractivity contribution in [3.63, 3.8) is 0 Å². The van der Waals surface area contributed by atoms with Gasteiger partial charge in [0.15, 0.2) is 0 Å². The third kappa shape index (κ3) is 4.87. The summed E-state index contributed by atoms with van der Waals surface area (Å²) in [6, 6.07) is 5.70. The average Bonchev–Trinajstić information content (AvgIpc) is 2.20. The van der Waals surface area contributed by atoms with Gasteiger partial charge in [-0.15, -0.1) is 0 Å². The minimum atomic E-state index is 0.701. The topological polar surface area (TPSA) is 26.0 Å². The van der Waals surface area contributed by atoms with Crippen molar-refractivity contribution >= 4 is 23.2 Å². The monoisotopic (exact) mass is 245 g/mol. The zero-order valence-corrected chi connectivity index (χ0v) is 10.3. The van der Waals surface area contributed by atoms with Gasteiger partial charge in [0.1, 0.15) is 0 Å². The predicted molar refractivity (Wildman–Crippen MR) is 67.7 cm³/mol. The molecule has 0 spiro atoms. The number of aryl methyl sites for hydroxylation is 1. The van der Waals surface area contributed by atoms with Gasteiger partial charge in [-0.25, -0.2) is 0 Å². The first kappa shape index (κ1) is 12.8. The van der Waals surface area contributed by atoms with Gasteiger partial charge in [-0.3, -0.25) is 0 Å². The molecule has 0 heterocycles. The van der Waals surface area contributed by atoms with E-state index in [1.807, 2.05) is 12.1 Å². The summed E-state index contributed by atoms with van der Waals surface area (Å²) in [5.74, 6) is 0. The van der Waals surface area contributed by atoms with E-state index in [0.717, 1.165) is 24.4 Å². The SMILES string of the molecule is NCCCCCCc1ccc(Cl)cc1Cl. The highest BCUT2D eigenvalue weighted by molar-refractivity contribution is 6.35. The lowest BCUT2D eigenvalue weighted by molar-refractivity contribution is 0.647. The second-order valence-electron chi connectivity index (χ2n) is 3.69. The molecule has 0 aromatic heterocycles. The number of halogens is 2. The fourth-order valence-corrected chi connectivity index (χ4v) is 2.04. The Morgan fingerprint density at radius 2 is 1.73 bits per heavy atom. The summed E-state index contributed by atoms with van der Waals surface area (Å²) in [5, 5.41) is 1.48. The van der Waals surface area contributed by atoms with Gasteiger partial charge in [0.25, 0.3) is 0 Å². The van der Waals surface area contributed by atoms with Gasteiger partial charge in [0.2, 0.25) is 0 Å². The van der Waals surface area contributed by atoms with Crippen LogP contribution in [0.2, 0.25) is 10.0 Å². The normalized spacial score (nSPS) is 10.6. The molecule has 1 aromatic carbocycles. The fraction of sp³-hybridized carbons (Fsp3) is 0.500. The maximum Gasteiger partial charge on any atom is 0.0452 e. The Morgan fingerprint density at radius 1 is 1.00 bits per heavy atom. The van der Waals surface area contributed by atoms with E-state index in [1.165, 1.54) is 24.8 Å². The summed E-state index contributed by atoms with van der Waals surface area (Å²) in [6.45, 7) is 0.793. The molecule has 0 aliphatic heterocycles. The fourth-order valence-electron chi connectivity index (χ4n) is 1.54. The molecular formula is C12H17Cl2N. The van der Waals surface area contributed by atoms with Crippen molar-refractivity contribution in [1.82, 2.24) is 0 Å². The van der Waals surface area contributed by atoms with E-state index in [0.29, 0.717) is 5.02 Å². The van der Waals surface area contributed by atoms with Crippen molar-refractivity contribution in [1.29, 1.82) is 0 Å². The molecular weight excluding hydrogens is 229 g/mol. The van der Waals surface area contributed by atoms with Crippen molar-refractivity contribution in [2.75, 3.05) is 6.54 Å². The van der Waals surface area contributed by atoms with Crippen molar-refractivity contribution in [3.05, 3.63) is 33.8 Å². The molecule has 15 heavy (non-hydrogen) atoms. The third-order valence-electron chi connectivity index (χ3n) is 2.42. The van der Waals surface area contributed by atoms with E-state index < -0.39 is 0 Å². The van der Waals surface area contributed by atoms with Gasteiger partial charge in [-0.1, -0.05) is 42.1 Å². The van der Waals surface area contributed by atoms with Crippen LogP contribution in [0.1, 0.15) is 31.2 Å². The van der Waals surface area contributed by atoms with Gasteiger partial charge < -0.3 is 5.73 Å². The quantitative estimate of drug-likeness (QED) is 0.752. The van der Waals surface area contributed by atoms with Gasteiger partial charge >= 0.3 is 0 Å². The lowest BCUT2D eigenvalue weighted by Gasteiger charge is -2.04. The van der Waals surface area contributed by atoms with Crippen LogP contribution in [-0.4, -0.2) is 6.54 Å². The van der Waals surface area contributed by atoms with Gasteiger partial charge in [0.05, 0.1) is 0 Å². The molecule has 0 bridgehead atoms. The molecule has 0 atom stereocenters. The van der Waals surface area contributed by atoms with E-state index in [2.05, 4.69) is 0 Å². The van der Waals surface area contributed by atoms with E-state index in [-0.39, 0.29) is 0 Å². The second kappa shape index (κ2) is 7.10.